The minimum Gasteiger partial charge on any atom is -0.273 e. The molecule has 2 aliphatic carbocycles. The van der Waals surface area contributed by atoms with Gasteiger partial charge in [-0.2, -0.15) is 0 Å². The van der Waals surface area contributed by atoms with Gasteiger partial charge in [-0.1, -0.05) is 0 Å². The second kappa shape index (κ2) is 3.85. The minimum absolute atomic E-state index is 0.341. The van der Waals surface area contributed by atoms with E-state index in [2.05, 4.69) is 20.0 Å². The van der Waals surface area contributed by atoms with Gasteiger partial charge in [0.2, 0.25) is 11.8 Å². The molecule has 0 unspecified atom stereocenters. The van der Waals surface area contributed by atoms with Crippen molar-refractivity contribution in [3.05, 3.63) is 0 Å². The molecule has 6 rings (SSSR count). The second-order valence-corrected chi connectivity index (χ2v) is 7.91. The Morgan fingerprint density at radius 2 is 1.14 bits per heavy atom. The van der Waals surface area contributed by atoms with Crippen molar-refractivity contribution in [2.24, 2.45) is 11.8 Å². The average Bonchev–Trinajstić information content (AvgIpc) is 3.19. The van der Waals surface area contributed by atoms with Crippen molar-refractivity contribution in [2.75, 3.05) is 13.1 Å². The van der Waals surface area contributed by atoms with Crippen LogP contribution < -0.4 is 0 Å². The Balaban J connectivity index is 1.42. The molecule has 6 aliphatic rings. The van der Waals surface area contributed by atoms with Crippen molar-refractivity contribution in [3.63, 3.8) is 0 Å². The van der Waals surface area contributed by atoms with E-state index in [4.69, 9.17) is 0 Å². The quantitative estimate of drug-likeness (QED) is 0.642. The number of rotatable bonds is 0. The summed E-state index contributed by atoms with van der Waals surface area (Å²) in [7, 11) is 0. The van der Waals surface area contributed by atoms with Gasteiger partial charge in [-0.15, -0.1) is 0 Å². The first-order valence-electron chi connectivity index (χ1n) is 8.93. The van der Waals surface area contributed by atoms with E-state index in [1.54, 1.807) is 0 Å². The molecule has 0 aromatic rings. The normalized spacial score (nSPS) is 49.8. The molecule has 0 N–H and O–H groups in total. The smallest absolute Gasteiger partial charge is 0.237 e. The highest BCUT2D eigenvalue weighted by Gasteiger charge is 2.70. The summed E-state index contributed by atoms with van der Waals surface area (Å²) in [5.74, 6) is 1.90. The first-order chi connectivity index (χ1) is 10.8. The lowest BCUT2D eigenvalue weighted by atomic mass is 9.93. The van der Waals surface area contributed by atoms with Gasteiger partial charge in [-0.05, 0) is 25.7 Å². The fourth-order valence-corrected chi connectivity index (χ4v) is 6.75. The summed E-state index contributed by atoms with van der Waals surface area (Å²) in [5.41, 5.74) is 0. The molecule has 4 aliphatic heterocycles. The monoisotopic (exact) mass is 302 g/mol. The van der Waals surface area contributed by atoms with Crippen LogP contribution in [0, 0.1) is 11.8 Å². The maximum absolute atomic E-state index is 12.4. The molecular weight excluding hydrogens is 280 g/mol. The third-order valence-electron chi connectivity index (χ3n) is 7.20. The van der Waals surface area contributed by atoms with Gasteiger partial charge in [-0.25, -0.2) is 10.0 Å². The summed E-state index contributed by atoms with van der Waals surface area (Å²) >= 11 is 0. The number of hydrogen-bond donors (Lipinski definition) is 0. The van der Waals surface area contributed by atoms with E-state index in [1.165, 1.54) is 0 Å². The van der Waals surface area contributed by atoms with Gasteiger partial charge in [0.15, 0.2) is 0 Å². The lowest BCUT2D eigenvalue weighted by Crippen LogP contribution is -2.56. The van der Waals surface area contributed by atoms with Crippen LogP contribution in [0.1, 0.15) is 38.5 Å². The summed E-state index contributed by atoms with van der Waals surface area (Å²) in [6.45, 7) is 2.07. The number of carbonyl (C=O) groups excluding carboxylic acids is 2. The van der Waals surface area contributed by atoms with Gasteiger partial charge in [-0.3, -0.25) is 19.6 Å². The zero-order valence-corrected chi connectivity index (χ0v) is 12.7. The lowest BCUT2D eigenvalue weighted by molar-refractivity contribution is -0.166. The molecule has 4 heterocycles. The molecular formula is C16H22N4O2. The summed E-state index contributed by atoms with van der Waals surface area (Å²) < 4.78 is 0. The predicted octanol–water partition coefficient (Wildman–Crippen LogP) is 0.207. The molecule has 6 atom stereocenters. The zero-order chi connectivity index (χ0) is 14.6. The molecule has 0 spiro atoms. The molecule has 0 radical (unpaired) electrons. The van der Waals surface area contributed by atoms with Crippen LogP contribution in [-0.2, 0) is 9.59 Å². The number of amides is 2. The lowest BCUT2D eigenvalue weighted by Gasteiger charge is -2.43. The standard InChI is InChI=1S/C16H22N4O2/c21-13-3-1-5-17-9-7-12-16-10(8-11(15(9)16)19(13)17)18-6-2-4-14(22)20(12)18/h9-12,15-16H,1-8H2/t9-,10-,11+,12+,15+,16+/m0/s1. The summed E-state index contributed by atoms with van der Waals surface area (Å²) in [6, 6.07) is 1.84. The largest absolute Gasteiger partial charge is 0.273 e. The number of hydrazine groups is 2. The Hall–Kier alpha value is -1.14. The van der Waals surface area contributed by atoms with Gasteiger partial charge >= 0.3 is 0 Å². The predicted molar refractivity (Wildman–Crippen MR) is 76.9 cm³/mol. The highest BCUT2D eigenvalue weighted by atomic mass is 16.2. The molecule has 118 valence electrons. The second-order valence-electron chi connectivity index (χ2n) is 7.91. The van der Waals surface area contributed by atoms with E-state index in [0.29, 0.717) is 47.8 Å². The Labute approximate surface area is 129 Å². The highest BCUT2D eigenvalue weighted by molar-refractivity contribution is 5.78. The molecule has 0 aromatic heterocycles. The molecule has 6 heteroatoms. The van der Waals surface area contributed by atoms with E-state index in [-0.39, 0.29) is 0 Å². The summed E-state index contributed by atoms with van der Waals surface area (Å²) in [4.78, 5) is 24.9. The maximum atomic E-state index is 12.4. The van der Waals surface area contributed by atoms with Crippen molar-refractivity contribution in [3.8, 4) is 0 Å². The van der Waals surface area contributed by atoms with Crippen LogP contribution in [0.4, 0.5) is 0 Å². The number of fused-ring (bicyclic) bond motifs is 6. The Morgan fingerprint density at radius 3 is 1.59 bits per heavy atom. The number of hydrogen-bond acceptors (Lipinski definition) is 4. The third-order valence-corrected chi connectivity index (χ3v) is 7.20. The first kappa shape index (κ1) is 12.3. The van der Waals surface area contributed by atoms with E-state index in [9.17, 15) is 9.59 Å². The van der Waals surface area contributed by atoms with Crippen LogP contribution >= 0.6 is 0 Å². The van der Waals surface area contributed by atoms with Gasteiger partial charge in [0, 0.05) is 49.9 Å². The topological polar surface area (TPSA) is 47.1 Å². The van der Waals surface area contributed by atoms with Gasteiger partial charge in [0.05, 0.1) is 12.1 Å². The molecule has 0 aromatic carbocycles. The van der Waals surface area contributed by atoms with Crippen molar-refractivity contribution < 1.29 is 9.59 Å². The SMILES string of the molecule is O=C1CCCN2[C@H]3C[C@@H]4[C@@H]5[C@H]3[C@@H](C[C@@H]5N3CCCC(=O)N43)N12. The van der Waals surface area contributed by atoms with Gasteiger partial charge in [0.1, 0.15) is 0 Å². The third kappa shape index (κ3) is 1.20. The number of nitrogens with zero attached hydrogens (tertiary/aromatic N) is 4. The maximum Gasteiger partial charge on any atom is 0.237 e. The van der Waals surface area contributed by atoms with Crippen LogP contribution in [0.25, 0.3) is 0 Å². The van der Waals surface area contributed by atoms with Crippen molar-refractivity contribution in [2.45, 2.75) is 62.7 Å². The Morgan fingerprint density at radius 1 is 0.682 bits per heavy atom. The zero-order valence-electron chi connectivity index (χ0n) is 12.7. The van der Waals surface area contributed by atoms with Gasteiger partial charge < -0.3 is 0 Å². The van der Waals surface area contributed by atoms with E-state index < -0.39 is 0 Å². The van der Waals surface area contributed by atoms with Crippen molar-refractivity contribution >= 4 is 11.8 Å². The van der Waals surface area contributed by atoms with E-state index in [0.717, 1.165) is 51.6 Å². The van der Waals surface area contributed by atoms with Gasteiger partial charge in [0.25, 0.3) is 0 Å². The Bertz CT molecular complexity index is 530. The fourth-order valence-electron chi connectivity index (χ4n) is 6.75. The van der Waals surface area contributed by atoms with E-state index in [1.807, 2.05) is 0 Å². The van der Waals surface area contributed by atoms with Crippen LogP contribution in [0.15, 0.2) is 0 Å². The Kier molecular flexibility index (Phi) is 2.15. The van der Waals surface area contributed by atoms with Crippen molar-refractivity contribution in [1.82, 2.24) is 20.0 Å². The van der Waals surface area contributed by atoms with Crippen LogP contribution in [0.2, 0.25) is 0 Å². The van der Waals surface area contributed by atoms with E-state index >= 15 is 0 Å². The molecule has 4 saturated heterocycles. The van der Waals surface area contributed by atoms with Crippen LogP contribution in [0.3, 0.4) is 0 Å². The average molecular weight is 302 g/mol. The molecule has 6 fully saturated rings. The minimum atomic E-state index is 0.341. The van der Waals surface area contributed by atoms with Crippen LogP contribution in [-0.4, -0.2) is 69.1 Å². The highest BCUT2D eigenvalue weighted by Crippen LogP contribution is 2.60. The summed E-state index contributed by atoms with van der Waals surface area (Å²) in [6.07, 6.45) is 5.60. The summed E-state index contributed by atoms with van der Waals surface area (Å²) in [5, 5.41) is 9.05. The molecule has 2 saturated carbocycles. The van der Waals surface area contributed by atoms with Crippen LogP contribution in [0.5, 0.6) is 0 Å². The fraction of sp³-hybridized carbons (Fsp3) is 0.875. The molecule has 0 bridgehead atoms. The molecule has 22 heavy (non-hydrogen) atoms. The molecule has 2 amide bonds. The van der Waals surface area contributed by atoms with Crippen molar-refractivity contribution in [1.29, 1.82) is 0 Å². The first-order valence-corrected chi connectivity index (χ1v) is 8.93. The molecule has 6 nitrogen and oxygen atoms in total. The number of carbonyl (C=O) groups is 2.